The summed E-state index contributed by atoms with van der Waals surface area (Å²) in [5, 5.41) is 21.7. The Morgan fingerprint density at radius 1 is 0.821 bits per heavy atom. The summed E-state index contributed by atoms with van der Waals surface area (Å²) in [6.07, 6.45) is 3.30. The van der Waals surface area contributed by atoms with Gasteiger partial charge in [0.15, 0.2) is 0 Å². The monoisotopic (exact) mass is 523 g/mol. The van der Waals surface area contributed by atoms with Gasteiger partial charge in [-0.25, -0.2) is 9.18 Å². The number of benzene rings is 4. The highest BCUT2D eigenvalue weighted by atomic mass is 19.1. The van der Waals surface area contributed by atoms with Crippen LogP contribution in [0.3, 0.4) is 0 Å². The zero-order valence-electron chi connectivity index (χ0n) is 21.0. The quantitative estimate of drug-likeness (QED) is 0.167. The fraction of sp³-hybridized carbons (Fsp3) is 0.129. The molecule has 0 bridgehead atoms. The van der Waals surface area contributed by atoms with Gasteiger partial charge < -0.3 is 14.9 Å². The third-order valence-electron chi connectivity index (χ3n) is 6.85. The lowest BCUT2D eigenvalue weighted by atomic mass is 9.98. The molecule has 0 aromatic heterocycles. The smallest absolute Gasteiger partial charge is 0.336 e. The molecule has 1 saturated heterocycles. The van der Waals surface area contributed by atoms with E-state index in [1.807, 2.05) is 23.1 Å². The van der Waals surface area contributed by atoms with Crippen LogP contribution in [-0.4, -0.2) is 42.2 Å². The zero-order valence-corrected chi connectivity index (χ0v) is 21.0. The standard InChI is InChI=1S/C31H26FN3O4/c32-26-12-9-23(10-13-26)24-11-14-28(31(36)37)25(21-24)8-6-22-7-15-29(30(20-22)35(38)39)34-18-16-33(17-19-34)27-4-2-1-3-5-27/h1-15,20-21H,16-19H2,(H,36,37). The highest BCUT2D eigenvalue weighted by Gasteiger charge is 2.24. The number of piperazine rings is 1. The predicted octanol–water partition coefficient (Wildman–Crippen LogP) is 6.60. The lowest BCUT2D eigenvalue weighted by Crippen LogP contribution is -2.46. The van der Waals surface area contributed by atoms with Gasteiger partial charge in [0.2, 0.25) is 0 Å². The van der Waals surface area contributed by atoms with Gasteiger partial charge in [-0.2, -0.15) is 0 Å². The first-order chi connectivity index (χ1) is 18.9. The molecule has 8 heteroatoms. The van der Waals surface area contributed by atoms with Crippen molar-refractivity contribution in [3.8, 4) is 11.1 Å². The van der Waals surface area contributed by atoms with Crippen LogP contribution in [0.2, 0.25) is 0 Å². The maximum atomic E-state index is 13.3. The number of hydrogen-bond donors (Lipinski definition) is 1. The van der Waals surface area contributed by atoms with Gasteiger partial charge in [0, 0.05) is 37.9 Å². The molecule has 5 rings (SSSR count). The Labute approximate surface area is 225 Å². The largest absolute Gasteiger partial charge is 0.478 e. The number of carboxylic acids is 1. The molecule has 196 valence electrons. The molecule has 4 aromatic rings. The topological polar surface area (TPSA) is 86.9 Å². The summed E-state index contributed by atoms with van der Waals surface area (Å²) >= 11 is 0. The number of anilines is 2. The first-order valence-corrected chi connectivity index (χ1v) is 12.5. The van der Waals surface area contributed by atoms with Gasteiger partial charge in [0.05, 0.1) is 10.5 Å². The fourth-order valence-corrected chi connectivity index (χ4v) is 4.81. The van der Waals surface area contributed by atoms with Gasteiger partial charge in [-0.3, -0.25) is 10.1 Å². The van der Waals surface area contributed by atoms with E-state index in [-0.39, 0.29) is 22.0 Å². The molecule has 1 aliphatic rings. The normalized spacial score (nSPS) is 13.6. The van der Waals surface area contributed by atoms with Crippen molar-refractivity contribution in [1.82, 2.24) is 0 Å². The van der Waals surface area contributed by atoms with Crippen molar-refractivity contribution in [3.05, 3.63) is 124 Å². The second-order valence-corrected chi connectivity index (χ2v) is 9.26. The van der Waals surface area contributed by atoms with E-state index in [4.69, 9.17) is 0 Å². The SMILES string of the molecule is O=C(O)c1ccc(-c2ccc(F)cc2)cc1C=Cc1ccc(N2CCN(c3ccccc3)CC2)c([N+](=O)[O-])c1. The van der Waals surface area contributed by atoms with E-state index in [2.05, 4.69) is 17.0 Å². The molecule has 0 spiro atoms. The molecule has 0 aliphatic carbocycles. The van der Waals surface area contributed by atoms with Gasteiger partial charge in [0.1, 0.15) is 11.5 Å². The number of para-hydroxylation sites is 1. The van der Waals surface area contributed by atoms with Crippen LogP contribution in [0.25, 0.3) is 23.3 Å². The highest BCUT2D eigenvalue weighted by Crippen LogP contribution is 2.32. The van der Waals surface area contributed by atoms with Crippen molar-refractivity contribution >= 4 is 35.2 Å². The molecule has 7 nitrogen and oxygen atoms in total. The first-order valence-electron chi connectivity index (χ1n) is 12.5. The molecule has 1 fully saturated rings. The summed E-state index contributed by atoms with van der Waals surface area (Å²) in [6, 6.07) is 26.0. The Bertz CT molecular complexity index is 1530. The zero-order chi connectivity index (χ0) is 27.4. The van der Waals surface area contributed by atoms with Crippen LogP contribution in [-0.2, 0) is 0 Å². The summed E-state index contributed by atoms with van der Waals surface area (Å²) in [5.74, 6) is -1.44. The number of carbonyl (C=O) groups is 1. The molecular weight excluding hydrogens is 497 g/mol. The number of rotatable bonds is 7. The van der Waals surface area contributed by atoms with E-state index in [0.29, 0.717) is 29.9 Å². The van der Waals surface area contributed by atoms with Crippen molar-refractivity contribution in [2.45, 2.75) is 0 Å². The maximum absolute atomic E-state index is 13.3. The van der Waals surface area contributed by atoms with Crippen LogP contribution in [0.4, 0.5) is 21.5 Å². The molecule has 1 aliphatic heterocycles. The van der Waals surface area contributed by atoms with Crippen LogP contribution in [0.1, 0.15) is 21.5 Å². The summed E-state index contributed by atoms with van der Waals surface area (Å²) < 4.78 is 13.3. The van der Waals surface area contributed by atoms with Crippen molar-refractivity contribution in [3.63, 3.8) is 0 Å². The van der Waals surface area contributed by atoms with Crippen molar-refractivity contribution < 1.29 is 19.2 Å². The van der Waals surface area contributed by atoms with Gasteiger partial charge in [-0.05, 0) is 64.7 Å². The Balaban J connectivity index is 1.39. The van der Waals surface area contributed by atoms with E-state index in [0.717, 1.165) is 29.9 Å². The van der Waals surface area contributed by atoms with Crippen molar-refractivity contribution in [2.75, 3.05) is 36.0 Å². The molecule has 0 atom stereocenters. The number of nitro benzene ring substituents is 1. The van der Waals surface area contributed by atoms with Gasteiger partial charge in [0.25, 0.3) is 5.69 Å². The van der Waals surface area contributed by atoms with E-state index < -0.39 is 5.97 Å². The number of nitro groups is 1. The molecular formula is C31H26FN3O4. The number of hydrogen-bond acceptors (Lipinski definition) is 5. The van der Waals surface area contributed by atoms with E-state index >= 15 is 0 Å². The van der Waals surface area contributed by atoms with E-state index in [9.17, 15) is 24.4 Å². The molecule has 0 radical (unpaired) electrons. The van der Waals surface area contributed by atoms with Gasteiger partial charge in [-0.1, -0.05) is 54.6 Å². The lowest BCUT2D eigenvalue weighted by Gasteiger charge is -2.37. The molecule has 1 N–H and O–H groups in total. The summed E-state index contributed by atoms with van der Waals surface area (Å²) in [6.45, 7) is 2.82. The number of halogens is 1. The Morgan fingerprint density at radius 2 is 1.49 bits per heavy atom. The molecule has 4 aromatic carbocycles. The van der Waals surface area contributed by atoms with E-state index in [1.165, 1.54) is 24.3 Å². The van der Waals surface area contributed by atoms with Crippen LogP contribution >= 0.6 is 0 Å². The van der Waals surface area contributed by atoms with E-state index in [1.54, 1.807) is 48.6 Å². The first kappa shape index (κ1) is 25.7. The van der Waals surface area contributed by atoms with Crippen LogP contribution in [0.15, 0.2) is 91.0 Å². The summed E-state index contributed by atoms with van der Waals surface area (Å²) in [4.78, 5) is 27.7. The third-order valence-corrected chi connectivity index (χ3v) is 6.85. The molecule has 0 amide bonds. The fourth-order valence-electron chi connectivity index (χ4n) is 4.81. The number of carboxylic acid groups (broad SMARTS) is 1. The number of nitrogens with zero attached hydrogens (tertiary/aromatic N) is 3. The second kappa shape index (κ2) is 11.2. The maximum Gasteiger partial charge on any atom is 0.336 e. The molecule has 0 unspecified atom stereocenters. The van der Waals surface area contributed by atoms with Gasteiger partial charge >= 0.3 is 5.97 Å². The lowest BCUT2D eigenvalue weighted by molar-refractivity contribution is -0.384. The van der Waals surface area contributed by atoms with Gasteiger partial charge in [-0.15, -0.1) is 0 Å². The Kier molecular flexibility index (Phi) is 7.36. The third kappa shape index (κ3) is 5.80. The Hall–Kier alpha value is -4.98. The summed E-state index contributed by atoms with van der Waals surface area (Å²) in [7, 11) is 0. The highest BCUT2D eigenvalue weighted by molar-refractivity contribution is 5.94. The van der Waals surface area contributed by atoms with Crippen molar-refractivity contribution in [2.24, 2.45) is 0 Å². The second-order valence-electron chi connectivity index (χ2n) is 9.26. The van der Waals surface area contributed by atoms with Crippen LogP contribution in [0, 0.1) is 15.9 Å². The minimum absolute atomic E-state index is 0.00355. The van der Waals surface area contributed by atoms with Crippen LogP contribution in [0.5, 0.6) is 0 Å². The number of aromatic carboxylic acids is 1. The minimum Gasteiger partial charge on any atom is -0.478 e. The molecule has 0 saturated carbocycles. The Morgan fingerprint density at radius 3 is 2.15 bits per heavy atom. The van der Waals surface area contributed by atoms with Crippen LogP contribution < -0.4 is 9.80 Å². The molecule has 1 heterocycles. The minimum atomic E-state index is -1.09. The predicted molar refractivity (Wildman–Crippen MR) is 152 cm³/mol. The average molecular weight is 524 g/mol. The average Bonchev–Trinajstić information content (AvgIpc) is 2.96. The molecule has 39 heavy (non-hydrogen) atoms. The summed E-state index contributed by atoms with van der Waals surface area (Å²) in [5.41, 5.74) is 4.30. The van der Waals surface area contributed by atoms with Crippen molar-refractivity contribution in [1.29, 1.82) is 0 Å².